The maximum Gasteiger partial charge on any atom is 0.223 e. The number of sulfone groups is 1. The molecule has 1 aromatic carbocycles. The molecule has 0 aliphatic carbocycles. The average Bonchev–Trinajstić information content (AvgIpc) is 3.08. The van der Waals surface area contributed by atoms with Gasteiger partial charge in [0.1, 0.15) is 5.01 Å². The van der Waals surface area contributed by atoms with Gasteiger partial charge in [0.05, 0.1) is 27.8 Å². The van der Waals surface area contributed by atoms with Crippen LogP contribution in [0.4, 0.5) is 0 Å². The number of thiazole rings is 1. The molecule has 0 radical (unpaired) electrons. The van der Waals surface area contributed by atoms with E-state index >= 15 is 0 Å². The number of hydrogen-bond acceptors (Lipinski definition) is 5. The Morgan fingerprint density at radius 2 is 2.17 bits per heavy atom. The smallest absolute Gasteiger partial charge is 0.223 e. The van der Waals surface area contributed by atoms with Gasteiger partial charge in [-0.05, 0) is 31.4 Å². The topological polar surface area (TPSA) is 67.3 Å². The normalized spacial score (nSPS) is 21.4. The predicted molar refractivity (Wildman–Crippen MR) is 92.2 cm³/mol. The molecule has 1 amide bonds. The highest BCUT2D eigenvalue weighted by Crippen LogP contribution is 2.30. The number of nitrogens with zero attached hydrogens (tertiary/aromatic N) is 2. The second-order valence-corrected chi connectivity index (χ2v) is 9.46. The van der Waals surface area contributed by atoms with Crippen LogP contribution in [0.5, 0.6) is 0 Å². The zero-order valence-corrected chi connectivity index (χ0v) is 14.9. The lowest BCUT2D eigenvalue weighted by molar-refractivity contribution is -0.132. The molecule has 1 aromatic heterocycles. The average molecular weight is 352 g/mol. The highest BCUT2D eigenvalue weighted by atomic mass is 32.2. The van der Waals surface area contributed by atoms with E-state index in [4.69, 9.17) is 0 Å². The number of carbonyl (C=O) groups excluding carboxylic acids is 1. The molecule has 1 aliphatic rings. The van der Waals surface area contributed by atoms with Crippen LogP contribution in [0.1, 0.15) is 30.8 Å². The fourth-order valence-corrected chi connectivity index (χ4v) is 5.80. The Bertz CT molecular complexity index is 796. The molecular formula is C16H20N2O3S2. The molecule has 0 bridgehead atoms. The van der Waals surface area contributed by atoms with Crippen molar-refractivity contribution in [2.24, 2.45) is 5.92 Å². The van der Waals surface area contributed by atoms with Gasteiger partial charge in [-0.25, -0.2) is 13.4 Å². The molecule has 2 aromatic rings. The van der Waals surface area contributed by atoms with Crippen LogP contribution >= 0.6 is 11.3 Å². The molecule has 1 fully saturated rings. The standard InChI is InChI=1S/C16H20N2O3S2/c1-11(16-17-13-5-3-4-6-14(13)22-16)18(2)15(19)9-12-7-8-23(20,21)10-12/h3-6,11-12H,7-10H2,1-2H3/t11-,12-/m0/s1. The van der Waals surface area contributed by atoms with Gasteiger partial charge in [-0.2, -0.15) is 0 Å². The van der Waals surface area contributed by atoms with Gasteiger partial charge in [0.25, 0.3) is 0 Å². The second kappa shape index (κ2) is 6.20. The van der Waals surface area contributed by atoms with Crippen molar-refractivity contribution in [2.45, 2.75) is 25.8 Å². The molecule has 3 rings (SSSR count). The van der Waals surface area contributed by atoms with Gasteiger partial charge in [-0.3, -0.25) is 4.79 Å². The Balaban J connectivity index is 1.69. The molecule has 0 unspecified atom stereocenters. The number of carbonyl (C=O) groups is 1. The largest absolute Gasteiger partial charge is 0.337 e. The highest BCUT2D eigenvalue weighted by molar-refractivity contribution is 7.91. The van der Waals surface area contributed by atoms with Crippen molar-refractivity contribution >= 4 is 37.3 Å². The molecule has 23 heavy (non-hydrogen) atoms. The van der Waals surface area contributed by atoms with Gasteiger partial charge >= 0.3 is 0 Å². The molecule has 124 valence electrons. The van der Waals surface area contributed by atoms with Crippen LogP contribution in [0.2, 0.25) is 0 Å². The summed E-state index contributed by atoms with van der Waals surface area (Å²) in [5, 5.41) is 0.904. The first-order valence-electron chi connectivity index (χ1n) is 7.67. The van der Waals surface area contributed by atoms with Crippen molar-refractivity contribution in [3.8, 4) is 0 Å². The lowest BCUT2D eigenvalue weighted by Gasteiger charge is -2.24. The number of hydrogen-bond donors (Lipinski definition) is 0. The molecule has 2 atom stereocenters. The van der Waals surface area contributed by atoms with Crippen LogP contribution < -0.4 is 0 Å². The molecule has 7 heteroatoms. The summed E-state index contributed by atoms with van der Waals surface area (Å²) >= 11 is 1.59. The fraction of sp³-hybridized carbons (Fsp3) is 0.500. The van der Waals surface area contributed by atoms with Crippen LogP contribution in [0.3, 0.4) is 0 Å². The SMILES string of the molecule is C[C@@H](c1nc2ccccc2s1)N(C)C(=O)C[C@@H]1CCS(=O)(=O)C1. The zero-order chi connectivity index (χ0) is 16.6. The van der Waals surface area contributed by atoms with Gasteiger partial charge in [-0.15, -0.1) is 11.3 Å². The van der Waals surface area contributed by atoms with E-state index in [-0.39, 0.29) is 29.4 Å². The van der Waals surface area contributed by atoms with Crippen molar-refractivity contribution in [1.82, 2.24) is 9.88 Å². The van der Waals surface area contributed by atoms with E-state index in [1.807, 2.05) is 31.2 Å². The molecule has 0 N–H and O–H groups in total. The minimum atomic E-state index is -2.94. The number of fused-ring (bicyclic) bond motifs is 1. The van der Waals surface area contributed by atoms with Crippen molar-refractivity contribution in [3.63, 3.8) is 0 Å². The van der Waals surface area contributed by atoms with E-state index < -0.39 is 9.84 Å². The van der Waals surface area contributed by atoms with Crippen molar-refractivity contribution in [1.29, 1.82) is 0 Å². The van der Waals surface area contributed by atoms with Gasteiger partial charge < -0.3 is 4.90 Å². The third kappa shape index (κ3) is 3.55. The fourth-order valence-electron chi connectivity index (χ4n) is 2.87. The molecule has 5 nitrogen and oxygen atoms in total. The number of amides is 1. The summed E-state index contributed by atoms with van der Waals surface area (Å²) in [5.41, 5.74) is 0.946. The molecule has 1 saturated heterocycles. The summed E-state index contributed by atoms with van der Waals surface area (Å²) in [6.07, 6.45) is 0.891. The van der Waals surface area contributed by atoms with Crippen molar-refractivity contribution in [3.05, 3.63) is 29.3 Å². The van der Waals surface area contributed by atoms with E-state index in [9.17, 15) is 13.2 Å². The Morgan fingerprint density at radius 3 is 2.83 bits per heavy atom. The Kier molecular flexibility index (Phi) is 4.42. The lowest BCUT2D eigenvalue weighted by Crippen LogP contribution is -2.31. The van der Waals surface area contributed by atoms with Crippen LogP contribution in [-0.4, -0.2) is 42.8 Å². The van der Waals surface area contributed by atoms with E-state index in [1.165, 1.54) is 0 Å². The lowest BCUT2D eigenvalue weighted by atomic mass is 10.0. The summed E-state index contributed by atoms with van der Waals surface area (Å²) in [4.78, 5) is 18.7. The Morgan fingerprint density at radius 1 is 1.43 bits per heavy atom. The quantitative estimate of drug-likeness (QED) is 0.848. The summed E-state index contributed by atoms with van der Waals surface area (Å²) in [6.45, 7) is 1.96. The first-order chi connectivity index (χ1) is 10.9. The molecular weight excluding hydrogens is 332 g/mol. The van der Waals surface area contributed by atoms with Gasteiger partial charge in [0.2, 0.25) is 5.91 Å². The zero-order valence-electron chi connectivity index (χ0n) is 13.2. The summed E-state index contributed by atoms with van der Waals surface area (Å²) < 4.78 is 24.1. The number of rotatable bonds is 4. The monoisotopic (exact) mass is 352 g/mol. The van der Waals surface area contributed by atoms with Crippen LogP contribution in [0.15, 0.2) is 24.3 Å². The van der Waals surface area contributed by atoms with Crippen molar-refractivity contribution < 1.29 is 13.2 Å². The third-order valence-electron chi connectivity index (χ3n) is 4.43. The Hall–Kier alpha value is -1.47. The first kappa shape index (κ1) is 16.4. The summed E-state index contributed by atoms with van der Waals surface area (Å²) in [7, 11) is -1.17. The molecule has 2 heterocycles. The van der Waals surface area contributed by atoms with Gasteiger partial charge in [0, 0.05) is 13.5 Å². The number of aromatic nitrogens is 1. The van der Waals surface area contributed by atoms with Gasteiger partial charge in [0.15, 0.2) is 9.84 Å². The maximum absolute atomic E-state index is 12.4. The molecule has 0 spiro atoms. The predicted octanol–water partition coefficient (Wildman–Crippen LogP) is 2.64. The van der Waals surface area contributed by atoms with E-state index in [0.29, 0.717) is 12.8 Å². The molecule has 0 saturated carbocycles. The number of benzene rings is 1. The van der Waals surface area contributed by atoms with Crippen LogP contribution in [0.25, 0.3) is 10.2 Å². The Labute approximate surface area is 140 Å². The second-order valence-electron chi connectivity index (χ2n) is 6.17. The molecule has 1 aliphatic heterocycles. The maximum atomic E-state index is 12.4. The van der Waals surface area contributed by atoms with E-state index in [2.05, 4.69) is 4.98 Å². The third-order valence-corrected chi connectivity index (χ3v) is 7.48. The van der Waals surface area contributed by atoms with Crippen LogP contribution in [0, 0.1) is 5.92 Å². The van der Waals surface area contributed by atoms with Gasteiger partial charge in [-0.1, -0.05) is 12.1 Å². The van der Waals surface area contributed by atoms with Crippen molar-refractivity contribution in [2.75, 3.05) is 18.6 Å². The summed E-state index contributed by atoms with van der Waals surface area (Å²) in [5.74, 6) is 0.292. The first-order valence-corrected chi connectivity index (χ1v) is 10.3. The number of para-hydroxylation sites is 1. The van der Waals surface area contributed by atoms with E-state index in [0.717, 1.165) is 15.2 Å². The minimum absolute atomic E-state index is 0.0149. The minimum Gasteiger partial charge on any atom is -0.337 e. The summed E-state index contributed by atoms with van der Waals surface area (Å²) in [6, 6.07) is 7.80. The van der Waals surface area contributed by atoms with E-state index in [1.54, 1.807) is 23.3 Å². The van der Waals surface area contributed by atoms with Crippen LogP contribution in [-0.2, 0) is 14.6 Å². The highest BCUT2D eigenvalue weighted by Gasteiger charge is 2.31.